The van der Waals surface area contributed by atoms with Crippen molar-refractivity contribution >= 4 is 39.9 Å². The molecule has 7 nitrogen and oxygen atoms in total. The molecule has 194 valence electrons. The third kappa shape index (κ3) is 6.00. The number of likely N-dealkylation sites (tertiary alicyclic amines) is 1. The predicted molar refractivity (Wildman–Crippen MR) is 140 cm³/mol. The van der Waals surface area contributed by atoms with E-state index in [-0.39, 0.29) is 6.42 Å². The first kappa shape index (κ1) is 26.8. The monoisotopic (exact) mass is 533 g/mol. The molecule has 0 unspecified atom stereocenters. The fourth-order valence-electron chi connectivity index (χ4n) is 4.95. The van der Waals surface area contributed by atoms with Gasteiger partial charge in [-0.1, -0.05) is 6.07 Å². The molecule has 1 atom stereocenters. The fourth-order valence-corrected chi connectivity index (χ4v) is 6.82. The molecule has 3 heterocycles. The molecule has 0 bridgehead atoms. The van der Waals surface area contributed by atoms with Crippen LogP contribution in [0.25, 0.3) is 10.9 Å². The lowest BCUT2D eigenvalue weighted by atomic mass is 9.73. The molecule has 1 aromatic carbocycles. The average Bonchev–Trinajstić information content (AvgIpc) is 3.44. The maximum absolute atomic E-state index is 13.9. The van der Waals surface area contributed by atoms with Gasteiger partial charge in [0.05, 0.1) is 28.4 Å². The van der Waals surface area contributed by atoms with Gasteiger partial charge in [-0.3, -0.25) is 15.0 Å². The number of aliphatic hydroxyl groups is 1. The van der Waals surface area contributed by atoms with Gasteiger partial charge in [0.15, 0.2) is 0 Å². The van der Waals surface area contributed by atoms with Crippen molar-refractivity contribution in [3.05, 3.63) is 53.0 Å². The van der Waals surface area contributed by atoms with Crippen molar-refractivity contribution in [1.82, 2.24) is 15.4 Å². The lowest BCUT2D eigenvalue weighted by molar-refractivity contribution is -0.143. The van der Waals surface area contributed by atoms with Crippen LogP contribution in [0.2, 0.25) is 0 Å². The minimum Gasteiger partial charge on any atom is -0.497 e. The third-order valence-corrected chi connectivity index (χ3v) is 9.23. The summed E-state index contributed by atoms with van der Waals surface area (Å²) in [5.74, 6) is 1.15. The van der Waals surface area contributed by atoms with E-state index in [9.17, 15) is 19.5 Å². The summed E-state index contributed by atoms with van der Waals surface area (Å²) in [4.78, 5) is 19.4. The molecule has 0 aliphatic carbocycles. The number of methoxy groups -OCH3 is 1. The smallest absolute Gasteiger partial charge is 0.249 e. The SMILES string of the molecule is COc1ccc2ncc(CF)c([C@H](O)CCC3(C(=O)NO)CCN(CCSc4cccs4)CC3)c2c1. The first-order chi connectivity index (χ1) is 17.5. The van der Waals surface area contributed by atoms with Crippen LogP contribution >= 0.6 is 23.1 Å². The molecule has 3 aromatic rings. The quantitative estimate of drug-likeness (QED) is 0.182. The van der Waals surface area contributed by atoms with E-state index in [1.165, 1.54) is 10.4 Å². The lowest BCUT2D eigenvalue weighted by Crippen LogP contribution is -2.48. The second-order valence-corrected chi connectivity index (χ2v) is 11.5. The second kappa shape index (κ2) is 12.3. The number of pyridine rings is 1. The molecule has 1 fully saturated rings. The zero-order chi connectivity index (χ0) is 25.5. The van der Waals surface area contributed by atoms with Crippen molar-refractivity contribution in [1.29, 1.82) is 0 Å². The summed E-state index contributed by atoms with van der Waals surface area (Å²) in [6.07, 6.45) is 2.25. The predicted octanol–water partition coefficient (Wildman–Crippen LogP) is 4.97. The molecular formula is C26H32FN3O4S2. The summed E-state index contributed by atoms with van der Waals surface area (Å²) in [6, 6.07) is 9.46. The molecule has 3 N–H and O–H groups in total. The van der Waals surface area contributed by atoms with Crippen LogP contribution < -0.4 is 10.2 Å². The number of carbonyl (C=O) groups excluding carboxylic acids is 1. The van der Waals surface area contributed by atoms with Crippen LogP contribution in [0.1, 0.15) is 42.9 Å². The molecule has 0 radical (unpaired) electrons. The van der Waals surface area contributed by atoms with Gasteiger partial charge in [0.25, 0.3) is 0 Å². The first-order valence-corrected chi connectivity index (χ1v) is 13.9. The number of aromatic nitrogens is 1. The van der Waals surface area contributed by atoms with Crippen LogP contribution in [0.15, 0.2) is 46.1 Å². The Morgan fingerprint density at radius 3 is 2.83 bits per heavy atom. The molecular weight excluding hydrogens is 501 g/mol. The van der Waals surface area contributed by atoms with Crippen LogP contribution in [0.4, 0.5) is 4.39 Å². The number of hydroxylamine groups is 1. The molecule has 1 aliphatic rings. The fraction of sp³-hybridized carbons (Fsp3) is 0.462. The highest BCUT2D eigenvalue weighted by Crippen LogP contribution is 2.40. The van der Waals surface area contributed by atoms with Gasteiger partial charge in [0, 0.05) is 29.4 Å². The number of ether oxygens (including phenoxy) is 1. The van der Waals surface area contributed by atoms with Gasteiger partial charge in [-0.15, -0.1) is 23.1 Å². The van der Waals surface area contributed by atoms with E-state index in [1.54, 1.807) is 36.6 Å². The Labute approximate surface area is 218 Å². The van der Waals surface area contributed by atoms with Gasteiger partial charge in [-0.2, -0.15) is 0 Å². The number of thiophene rings is 1. The highest BCUT2D eigenvalue weighted by atomic mass is 32.2. The number of carbonyl (C=O) groups is 1. The highest BCUT2D eigenvalue weighted by molar-refractivity contribution is 8.01. The van der Waals surface area contributed by atoms with Crippen molar-refractivity contribution in [2.45, 2.75) is 42.7 Å². The van der Waals surface area contributed by atoms with Crippen molar-refractivity contribution in [2.24, 2.45) is 5.41 Å². The van der Waals surface area contributed by atoms with E-state index >= 15 is 0 Å². The maximum atomic E-state index is 13.9. The number of halogens is 1. The van der Waals surface area contributed by atoms with Gasteiger partial charge in [0.1, 0.15) is 12.4 Å². The maximum Gasteiger partial charge on any atom is 0.249 e. The van der Waals surface area contributed by atoms with Gasteiger partial charge < -0.3 is 14.7 Å². The number of piperidine rings is 1. The number of benzene rings is 1. The zero-order valence-corrected chi connectivity index (χ0v) is 21.9. The Morgan fingerprint density at radius 1 is 1.36 bits per heavy atom. The summed E-state index contributed by atoms with van der Waals surface area (Å²) in [5.41, 5.74) is 2.50. The largest absolute Gasteiger partial charge is 0.497 e. The Hall–Kier alpha value is -2.24. The number of alkyl halides is 1. The third-order valence-electron chi connectivity index (χ3n) is 7.12. The summed E-state index contributed by atoms with van der Waals surface area (Å²) in [5, 5.41) is 23.4. The minimum absolute atomic E-state index is 0.255. The standard InChI is InChI=1S/C26H32FN3O4S2/c1-34-19-4-5-21-20(15-19)24(18(16-27)17-28-21)22(31)6-7-26(25(32)29-33)8-10-30(11-9-26)12-14-36-23-3-2-13-35-23/h2-5,13,15,17,22,31,33H,6-12,14,16H2,1H3,(H,29,32)/t22-/m1/s1. The normalized spacial score (nSPS) is 16.7. The van der Waals surface area contributed by atoms with Gasteiger partial charge in [0.2, 0.25) is 5.91 Å². The summed E-state index contributed by atoms with van der Waals surface area (Å²) in [7, 11) is 1.55. The summed E-state index contributed by atoms with van der Waals surface area (Å²) < 4.78 is 20.5. The lowest BCUT2D eigenvalue weighted by Gasteiger charge is -2.40. The van der Waals surface area contributed by atoms with E-state index in [0.29, 0.717) is 47.0 Å². The molecule has 2 aromatic heterocycles. The molecule has 1 saturated heterocycles. The van der Waals surface area contributed by atoms with Crippen molar-refractivity contribution in [3.8, 4) is 5.75 Å². The number of rotatable bonds is 11. The van der Waals surface area contributed by atoms with Crippen LogP contribution in [-0.2, 0) is 11.5 Å². The van der Waals surface area contributed by atoms with E-state index < -0.39 is 24.1 Å². The number of hydrogen-bond acceptors (Lipinski definition) is 8. The second-order valence-electron chi connectivity index (χ2n) is 9.11. The van der Waals surface area contributed by atoms with Gasteiger partial charge in [-0.05, 0) is 74.0 Å². The van der Waals surface area contributed by atoms with Crippen LogP contribution in [0.3, 0.4) is 0 Å². The summed E-state index contributed by atoms with van der Waals surface area (Å²) >= 11 is 3.56. The molecule has 0 spiro atoms. The molecule has 0 saturated carbocycles. The van der Waals surface area contributed by atoms with Crippen LogP contribution in [0.5, 0.6) is 5.75 Å². The Morgan fingerprint density at radius 2 is 2.17 bits per heavy atom. The highest BCUT2D eigenvalue weighted by Gasteiger charge is 2.41. The number of amides is 1. The zero-order valence-electron chi connectivity index (χ0n) is 20.3. The molecule has 1 aliphatic heterocycles. The number of thioether (sulfide) groups is 1. The summed E-state index contributed by atoms with van der Waals surface area (Å²) in [6.45, 7) is 1.64. The number of nitrogens with one attached hydrogen (secondary N) is 1. The van der Waals surface area contributed by atoms with Crippen molar-refractivity contribution in [2.75, 3.05) is 32.5 Å². The Balaban J connectivity index is 1.44. The van der Waals surface area contributed by atoms with Crippen LogP contribution in [-0.4, -0.2) is 58.6 Å². The Bertz CT molecular complexity index is 1150. The minimum atomic E-state index is -0.989. The van der Waals surface area contributed by atoms with Gasteiger partial charge in [-0.25, -0.2) is 9.87 Å². The molecule has 36 heavy (non-hydrogen) atoms. The van der Waals surface area contributed by atoms with E-state index in [4.69, 9.17) is 4.74 Å². The van der Waals surface area contributed by atoms with E-state index in [0.717, 1.165) is 25.4 Å². The number of hydrogen-bond donors (Lipinski definition) is 3. The average molecular weight is 534 g/mol. The molecule has 1 amide bonds. The van der Waals surface area contributed by atoms with Crippen molar-refractivity contribution < 1.29 is 24.2 Å². The molecule has 10 heteroatoms. The topological polar surface area (TPSA) is 94.9 Å². The Kier molecular flexibility index (Phi) is 9.19. The molecule has 4 rings (SSSR count). The van der Waals surface area contributed by atoms with Gasteiger partial charge >= 0.3 is 0 Å². The number of fused-ring (bicyclic) bond motifs is 1. The van der Waals surface area contributed by atoms with Crippen LogP contribution in [0, 0.1) is 5.41 Å². The number of nitrogens with zero attached hydrogens (tertiary/aromatic N) is 2. The van der Waals surface area contributed by atoms with E-state index in [1.807, 2.05) is 23.3 Å². The number of aliphatic hydroxyl groups excluding tert-OH is 1. The van der Waals surface area contributed by atoms with E-state index in [2.05, 4.69) is 21.3 Å². The van der Waals surface area contributed by atoms with Crippen molar-refractivity contribution in [3.63, 3.8) is 0 Å². The first-order valence-electron chi connectivity index (χ1n) is 12.0.